The summed E-state index contributed by atoms with van der Waals surface area (Å²) >= 11 is 0. The highest BCUT2D eigenvalue weighted by molar-refractivity contribution is 6.05. The third-order valence-corrected chi connectivity index (χ3v) is 4.62. The van der Waals surface area contributed by atoms with Gasteiger partial charge in [0.05, 0.1) is 7.11 Å². The minimum atomic E-state index is 0.325. The maximum atomic E-state index is 10.9. The monoisotopic (exact) mass is 314 g/mol. The van der Waals surface area contributed by atoms with E-state index >= 15 is 0 Å². The molecular weight excluding hydrogens is 296 g/mol. The van der Waals surface area contributed by atoms with Crippen molar-refractivity contribution in [2.45, 2.75) is 6.92 Å². The van der Waals surface area contributed by atoms with Crippen molar-refractivity contribution in [1.82, 2.24) is 0 Å². The first-order chi connectivity index (χ1) is 11.7. The first kappa shape index (κ1) is 14.6. The van der Waals surface area contributed by atoms with Crippen molar-refractivity contribution in [2.75, 3.05) is 7.11 Å². The number of ether oxygens (including phenoxy) is 1. The second kappa shape index (κ2) is 5.57. The summed E-state index contributed by atoms with van der Waals surface area (Å²) in [5, 5.41) is 15.0. The number of aromatic hydroxyl groups is 1. The summed E-state index contributed by atoms with van der Waals surface area (Å²) in [6.07, 6.45) is 0. The number of hydrogen-bond acceptors (Lipinski definition) is 2. The van der Waals surface area contributed by atoms with Crippen LogP contribution in [0.4, 0.5) is 0 Å². The molecule has 4 aromatic carbocycles. The zero-order chi connectivity index (χ0) is 16.7. The molecule has 0 amide bonds. The van der Waals surface area contributed by atoms with Crippen LogP contribution < -0.4 is 4.74 Å². The average molecular weight is 314 g/mol. The van der Waals surface area contributed by atoms with Gasteiger partial charge in [-0.05, 0) is 47.0 Å². The molecule has 0 aliphatic carbocycles. The second-order valence-corrected chi connectivity index (χ2v) is 6.00. The van der Waals surface area contributed by atoms with E-state index in [1.165, 1.54) is 0 Å². The average Bonchev–Trinajstić information content (AvgIpc) is 2.64. The Bertz CT molecular complexity index is 1060. The summed E-state index contributed by atoms with van der Waals surface area (Å²) in [5.41, 5.74) is 3.01. The molecule has 4 rings (SSSR count). The molecule has 0 aromatic heterocycles. The Kier molecular flexibility index (Phi) is 3.39. The van der Waals surface area contributed by atoms with Crippen molar-refractivity contribution in [2.24, 2.45) is 0 Å². The Labute approximate surface area is 140 Å². The SMILES string of the molecule is COc1ccc(-c2cc(C)c3ccccc3c2O)c2ccccc12. The predicted octanol–water partition coefficient (Wildman–Crippen LogP) is 5.68. The van der Waals surface area contributed by atoms with Gasteiger partial charge in [0.2, 0.25) is 0 Å². The van der Waals surface area contributed by atoms with Gasteiger partial charge in [0, 0.05) is 16.3 Å². The maximum Gasteiger partial charge on any atom is 0.131 e. The van der Waals surface area contributed by atoms with Gasteiger partial charge in [0.1, 0.15) is 11.5 Å². The number of aryl methyl sites for hydroxylation is 1. The first-order valence-electron chi connectivity index (χ1n) is 7.98. The molecule has 2 heteroatoms. The van der Waals surface area contributed by atoms with Crippen molar-refractivity contribution in [3.8, 4) is 22.6 Å². The Morgan fingerprint density at radius 1 is 0.708 bits per heavy atom. The molecule has 0 aliphatic heterocycles. The van der Waals surface area contributed by atoms with E-state index in [-0.39, 0.29) is 0 Å². The minimum Gasteiger partial charge on any atom is -0.507 e. The van der Waals surface area contributed by atoms with Crippen LogP contribution in [-0.2, 0) is 0 Å². The van der Waals surface area contributed by atoms with Crippen LogP contribution in [0.1, 0.15) is 5.56 Å². The van der Waals surface area contributed by atoms with E-state index in [2.05, 4.69) is 19.1 Å². The summed E-state index contributed by atoms with van der Waals surface area (Å²) in [6, 6.07) is 22.1. The van der Waals surface area contributed by atoms with Gasteiger partial charge < -0.3 is 9.84 Å². The van der Waals surface area contributed by atoms with Crippen LogP contribution in [0.15, 0.2) is 66.7 Å². The topological polar surface area (TPSA) is 29.5 Å². The summed E-state index contributed by atoms with van der Waals surface area (Å²) in [7, 11) is 1.68. The highest BCUT2D eigenvalue weighted by atomic mass is 16.5. The molecule has 0 saturated carbocycles. The van der Waals surface area contributed by atoms with Crippen molar-refractivity contribution in [3.05, 3.63) is 72.3 Å². The van der Waals surface area contributed by atoms with Gasteiger partial charge in [-0.3, -0.25) is 0 Å². The van der Waals surface area contributed by atoms with E-state index in [0.717, 1.165) is 44.0 Å². The second-order valence-electron chi connectivity index (χ2n) is 6.00. The molecule has 0 aliphatic rings. The molecule has 1 N–H and O–H groups in total. The molecule has 0 saturated heterocycles. The predicted molar refractivity (Wildman–Crippen MR) is 99.8 cm³/mol. The minimum absolute atomic E-state index is 0.325. The highest BCUT2D eigenvalue weighted by Gasteiger charge is 2.14. The molecule has 24 heavy (non-hydrogen) atoms. The molecule has 0 unspecified atom stereocenters. The Morgan fingerprint density at radius 3 is 2.04 bits per heavy atom. The van der Waals surface area contributed by atoms with Crippen LogP contribution >= 0.6 is 0 Å². The molecule has 0 spiro atoms. The number of rotatable bonds is 2. The number of phenols is 1. The normalized spacial score (nSPS) is 11.1. The third-order valence-electron chi connectivity index (χ3n) is 4.62. The molecule has 2 nitrogen and oxygen atoms in total. The van der Waals surface area contributed by atoms with Crippen LogP contribution in [0.5, 0.6) is 11.5 Å². The fraction of sp³-hybridized carbons (Fsp3) is 0.0909. The van der Waals surface area contributed by atoms with Gasteiger partial charge in [-0.15, -0.1) is 0 Å². The maximum absolute atomic E-state index is 10.9. The third kappa shape index (κ3) is 2.11. The molecule has 0 heterocycles. The zero-order valence-corrected chi connectivity index (χ0v) is 13.7. The lowest BCUT2D eigenvalue weighted by Gasteiger charge is -2.14. The van der Waals surface area contributed by atoms with Crippen LogP contribution in [0.2, 0.25) is 0 Å². The van der Waals surface area contributed by atoms with E-state index < -0.39 is 0 Å². The van der Waals surface area contributed by atoms with Crippen molar-refractivity contribution >= 4 is 21.5 Å². The van der Waals surface area contributed by atoms with E-state index in [4.69, 9.17) is 4.74 Å². The number of phenolic OH excluding ortho intramolecular Hbond substituents is 1. The largest absolute Gasteiger partial charge is 0.507 e. The smallest absolute Gasteiger partial charge is 0.131 e. The zero-order valence-electron chi connectivity index (χ0n) is 13.7. The van der Waals surface area contributed by atoms with Gasteiger partial charge in [-0.2, -0.15) is 0 Å². The van der Waals surface area contributed by atoms with Gasteiger partial charge in [0.15, 0.2) is 0 Å². The van der Waals surface area contributed by atoms with Crippen LogP contribution in [0.3, 0.4) is 0 Å². The lowest BCUT2D eigenvalue weighted by Crippen LogP contribution is -1.90. The fourth-order valence-corrected chi connectivity index (χ4v) is 3.43. The molecule has 118 valence electrons. The summed E-state index contributed by atoms with van der Waals surface area (Å²) in [6.45, 7) is 2.08. The fourth-order valence-electron chi connectivity index (χ4n) is 3.43. The van der Waals surface area contributed by atoms with Crippen LogP contribution in [-0.4, -0.2) is 12.2 Å². The molecule has 0 fully saturated rings. The number of hydrogen-bond donors (Lipinski definition) is 1. The van der Waals surface area contributed by atoms with E-state index in [0.29, 0.717) is 5.75 Å². The number of benzene rings is 4. The van der Waals surface area contributed by atoms with E-state index in [9.17, 15) is 5.11 Å². The van der Waals surface area contributed by atoms with Gasteiger partial charge in [0.25, 0.3) is 0 Å². The van der Waals surface area contributed by atoms with E-state index in [1.807, 2.05) is 54.6 Å². The first-order valence-corrected chi connectivity index (χ1v) is 7.98. The molecule has 0 radical (unpaired) electrons. The van der Waals surface area contributed by atoms with Crippen molar-refractivity contribution in [1.29, 1.82) is 0 Å². The lowest BCUT2D eigenvalue weighted by atomic mass is 9.92. The van der Waals surface area contributed by atoms with Crippen LogP contribution in [0.25, 0.3) is 32.7 Å². The summed E-state index contributed by atoms with van der Waals surface area (Å²) in [4.78, 5) is 0. The molecular formula is C22H18O2. The molecule has 0 atom stereocenters. The Hall–Kier alpha value is -3.00. The number of methoxy groups -OCH3 is 1. The highest BCUT2D eigenvalue weighted by Crippen LogP contribution is 2.42. The van der Waals surface area contributed by atoms with E-state index in [1.54, 1.807) is 7.11 Å². The van der Waals surface area contributed by atoms with Crippen molar-refractivity contribution < 1.29 is 9.84 Å². The lowest BCUT2D eigenvalue weighted by molar-refractivity contribution is 0.420. The Balaban J connectivity index is 2.09. The van der Waals surface area contributed by atoms with Gasteiger partial charge in [-0.25, -0.2) is 0 Å². The van der Waals surface area contributed by atoms with Gasteiger partial charge >= 0.3 is 0 Å². The number of fused-ring (bicyclic) bond motifs is 2. The standard InChI is InChI=1S/C22H18O2/c1-14-13-20(22(23)19-10-6-3-7-15(14)19)17-11-12-21(24-2)18-9-5-4-8-16(17)18/h3-13,23H,1-2H3. The van der Waals surface area contributed by atoms with Crippen LogP contribution in [0, 0.1) is 6.92 Å². The quantitative estimate of drug-likeness (QED) is 0.515. The van der Waals surface area contributed by atoms with Gasteiger partial charge in [-0.1, -0.05) is 48.5 Å². The Morgan fingerprint density at radius 2 is 1.33 bits per heavy atom. The van der Waals surface area contributed by atoms with Crippen molar-refractivity contribution in [3.63, 3.8) is 0 Å². The summed E-state index contributed by atoms with van der Waals surface area (Å²) in [5.74, 6) is 1.16. The molecule has 0 bridgehead atoms. The summed E-state index contributed by atoms with van der Waals surface area (Å²) < 4.78 is 5.48. The molecule has 4 aromatic rings.